The van der Waals surface area contributed by atoms with E-state index in [9.17, 15) is 9.59 Å². The van der Waals surface area contributed by atoms with Gasteiger partial charge in [-0.1, -0.05) is 18.2 Å². The Hall–Kier alpha value is -2.93. The third-order valence-electron chi connectivity index (χ3n) is 4.23. The molecule has 2 aromatic heterocycles. The van der Waals surface area contributed by atoms with Crippen molar-refractivity contribution in [3.05, 3.63) is 70.9 Å². The summed E-state index contributed by atoms with van der Waals surface area (Å²) < 4.78 is 1.92. The Kier molecular flexibility index (Phi) is 6.03. The highest BCUT2D eigenvalue weighted by Crippen LogP contribution is 2.23. The van der Waals surface area contributed by atoms with Gasteiger partial charge in [-0.05, 0) is 36.1 Å². The SMILES string of the molecule is CC(=O)N[C@@H](CC(=O)N[C@H](C)c1ccc(-n2ccnc2)cc1)c1cccs1. The number of imidazole rings is 1. The van der Waals surface area contributed by atoms with Crippen LogP contribution in [0.25, 0.3) is 5.69 Å². The Bertz CT molecular complexity index is 873. The van der Waals surface area contributed by atoms with Crippen LogP contribution in [-0.2, 0) is 9.59 Å². The summed E-state index contributed by atoms with van der Waals surface area (Å²) in [6.45, 7) is 3.41. The maximum Gasteiger partial charge on any atom is 0.222 e. The number of aromatic nitrogens is 2. The highest BCUT2D eigenvalue weighted by Gasteiger charge is 2.19. The normalized spacial score (nSPS) is 13.0. The first-order valence-corrected chi connectivity index (χ1v) is 9.59. The second kappa shape index (κ2) is 8.64. The van der Waals surface area contributed by atoms with Crippen molar-refractivity contribution in [1.29, 1.82) is 0 Å². The maximum atomic E-state index is 12.5. The summed E-state index contributed by atoms with van der Waals surface area (Å²) in [7, 11) is 0. The van der Waals surface area contributed by atoms with E-state index in [1.165, 1.54) is 18.3 Å². The summed E-state index contributed by atoms with van der Waals surface area (Å²) in [4.78, 5) is 29.0. The zero-order chi connectivity index (χ0) is 19.2. The van der Waals surface area contributed by atoms with Crippen molar-refractivity contribution in [3.63, 3.8) is 0 Å². The number of rotatable bonds is 7. The van der Waals surface area contributed by atoms with Crippen molar-refractivity contribution in [1.82, 2.24) is 20.2 Å². The molecule has 1 aromatic carbocycles. The number of carbonyl (C=O) groups is 2. The molecule has 0 fully saturated rings. The van der Waals surface area contributed by atoms with Crippen LogP contribution >= 0.6 is 11.3 Å². The molecule has 3 rings (SSSR count). The molecule has 0 aliphatic heterocycles. The number of hydrogen-bond donors (Lipinski definition) is 2. The lowest BCUT2D eigenvalue weighted by Gasteiger charge is -2.19. The molecule has 2 N–H and O–H groups in total. The first-order chi connectivity index (χ1) is 13.0. The second-order valence-corrected chi connectivity index (χ2v) is 7.30. The van der Waals surface area contributed by atoms with Gasteiger partial charge in [0.1, 0.15) is 0 Å². The lowest BCUT2D eigenvalue weighted by Crippen LogP contribution is -2.33. The van der Waals surface area contributed by atoms with Gasteiger partial charge in [0.15, 0.2) is 0 Å². The fraction of sp³-hybridized carbons (Fsp3) is 0.250. The van der Waals surface area contributed by atoms with Gasteiger partial charge in [-0.2, -0.15) is 0 Å². The topological polar surface area (TPSA) is 76.0 Å². The van der Waals surface area contributed by atoms with Crippen molar-refractivity contribution >= 4 is 23.2 Å². The Morgan fingerprint density at radius 3 is 2.56 bits per heavy atom. The molecule has 0 saturated carbocycles. The van der Waals surface area contributed by atoms with E-state index in [2.05, 4.69) is 15.6 Å². The summed E-state index contributed by atoms with van der Waals surface area (Å²) in [5.74, 6) is -0.252. The standard InChI is InChI=1S/C20H22N4O2S/c1-14(16-5-7-17(8-6-16)24-10-9-21-13-24)22-20(26)12-18(23-15(2)25)19-4-3-11-27-19/h3-11,13-14,18H,12H2,1-2H3,(H,22,26)(H,23,25)/t14-,18+/m1/s1. The molecule has 0 radical (unpaired) electrons. The van der Waals surface area contributed by atoms with Crippen LogP contribution in [0, 0.1) is 0 Å². The van der Waals surface area contributed by atoms with Crippen LogP contribution < -0.4 is 10.6 Å². The Labute approximate surface area is 162 Å². The van der Waals surface area contributed by atoms with Crippen molar-refractivity contribution in [3.8, 4) is 5.69 Å². The number of benzene rings is 1. The molecule has 6 nitrogen and oxygen atoms in total. The monoisotopic (exact) mass is 382 g/mol. The van der Waals surface area contributed by atoms with Gasteiger partial charge < -0.3 is 15.2 Å². The Morgan fingerprint density at radius 2 is 1.96 bits per heavy atom. The minimum atomic E-state index is -0.307. The molecule has 0 aliphatic carbocycles. The quantitative estimate of drug-likeness (QED) is 0.658. The van der Waals surface area contributed by atoms with Gasteiger partial charge in [-0.3, -0.25) is 9.59 Å². The van der Waals surface area contributed by atoms with Crippen LogP contribution in [0.15, 0.2) is 60.5 Å². The number of nitrogens with one attached hydrogen (secondary N) is 2. The number of amides is 2. The number of hydrogen-bond acceptors (Lipinski definition) is 4. The third-order valence-corrected chi connectivity index (χ3v) is 5.21. The molecule has 0 saturated heterocycles. The van der Waals surface area contributed by atoms with E-state index in [0.29, 0.717) is 0 Å². The fourth-order valence-electron chi connectivity index (χ4n) is 2.87. The van der Waals surface area contributed by atoms with Gasteiger partial charge >= 0.3 is 0 Å². The summed E-state index contributed by atoms with van der Waals surface area (Å²) in [5, 5.41) is 7.80. The van der Waals surface area contributed by atoms with Gasteiger partial charge in [-0.15, -0.1) is 11.3 Å². The zero-order valence-corrected chi connectivity index (χ0v) is 16.1. The average molecular weight is 382 g/mol. The van der Waals surface area contributed by atoms with Crippen LogP contribution in [-0.4, -0.2) is 21.4 Å². The summed E-state index contributed by atoms with van der Waals surface area (Å²) in [5.41, 5.74) is 2.03. The molecule has 0 spiro atoms. The van der Waals surface area contributed by atoms with Crippen LogP contribution in [0.2, 0.25) is 0 Å². The molecular weight excluding hydrogens is 360 g/mol. The maximum absolute atomic E-state index is 12.5. The van der Waals surface area contributed by atoms with Crippen molar-refractivity contribution < 1.29 is 9.59 Å². The summed E-state index contributed by atoms with van der Waals surface area (Å²) in [6.07, 6.45) is 5.56. The van der Waals surface area contributed by atoms with Crippen LogP contribution in [0.5, 0.6) is 0 Å². The molecule has 2 atom stereocenters. The Morgan fingerprint density at radius 1 is 1.19 bits per heavy atom. The first kappa shape index (κ1) is 18.8. The van der Waals surface area contributed by atoms with Gasteiger partial charge in [0.25, 0.3) is 0 Å². The number of thiophene rings is 1. The van der Waals surface area contributed by atoms with Gasteiger partial charge in [0.2, 0.25) is 11.8 Å². The van der Waals surface area contributed by atoms with Crippen molar-refractivity contribution in [2.45, 2.75) is 32.4 Å². The van der Waals surface area contributed by atoms with Gasteiger partial charge in [-0.25, -0.2) is 4.98 Å². The molecule has 7 heteroatoms. The summed E-state index contributed by atoms with van der Waals surface area (Å²) in [6, 6.07) is 11.4. The highest BCUT2D eigenvalue weighted by molar-refractivity contribution is 7.10. The molecule has 27 heavy (non-hydrogen) atoms. The predicted molar refractivity (Wildman–Crippen MR) is 106 cm³/mol. The van der Waals surface area contributed by atoms with Crippen LogP contribution in [0.1, 0.15) is 42.8 Å². The molecule has 2 amide bonds. The largest absolute Gasteiger partial charge is 0.350 e. The predicted octanol–water partition coefficient (Wildman–Crippen LogP) is 3.38. The molecule has 0 aliphatic rings. The average Bonchev–Trinajstić information content (AvgIpc) is 3.34. The smallest absolute Gasteiger partial charge is 0.222 e. The lowest BCUT2D eigenvalue weighted by molar-refractivity contribution is -0.123. The van der Waals surface area contributed by atoms with Crippen molar-refractivity contribution in [2.24, 2.45) is 0 Å². The van der Waals surface area contributed by atoms with Crippen LogP contribution in [0.3, 0.4) is 0 Å². The Balaban J connectivity index is 1.61. The van der Waals surface area contributed by atoms with E-state index < -0.39 is 0 Å². The molecule has 0 bridgehead atoms. The molecule has 2 heterocycles. The lowest BCUT2D eigenvalue weighted by atomic mass is 10.1. The van der Waals surface area contributed by atoms with Crippen molar-refractivity contribution in [2.75, 3.05) is 0 Å². The molecule has 140 valence electrons. The summed E-state index contributed by atoms with van der Waals surface area (Å²) >= 11 is 1.53. The molecule has 3 aromatic rings. The number of nitrogens with zero attached hydrogens (tertiary/aromatic N) is 2. The first-order valence-electron chi connectivity index (χ1n) is 8.71. The number of carbonyl (C=O) groups excluding carboxylic acids is 2. The minimum absolute atomic E-state index is 0.103. The highest BCUT2D eigenvalue weighted by atomic mass is 32.1. The molecule has 0 unspecified atom stereocenters. The van der Waals surface area contributed by atoms with E-state index in [4.69, 9.17) is 0 Å². The van der Waals surface area contributed by atoms with E-state index >= 15 is 0 Å². The van der Waals surface area contributed by atoms with E-state index in [1.54, 1.807) is 12.5 Å². The van der Waals surface area contributed by atoms with E-state index in [0.717, 1.165) is 16.1 Å². The second-order valence-electron chi connectivity index (χ2n) is 6.32. The van der Waals surface area contributed by atoms with Gasteiger partial charge in [0, 0.05) is 29.9 Å². The fourth-order valence-corrected chi connectivity index (χ4v) is 3.65. The zero-order valence-electron chi connectivity index (χ0n) is 15.3. The minimum Gasteiger partial charge on any atom is -0.350 e. The van der Waals surface area contributed by atoms with Crippen LogP contribution in [0.4, 0.5) is 0 Å². The molecular formula is C20H22N4O2S. The third kappa shape index (κ3) is 5.04. The van der Waals surface area contributed by atoms with E-state index in [1.807, 2.05) is 59.5 Å². The van der Waals surface area contributed by atoms with Gasteiger partial charge in [0.05, 0.1) is 24.8 Å². The van der Waals surface area contributed by atoms with E-state index in [-0.39, 0.29) is 30.3 Å².